The average Bonchev–Trinajstić information content (AvgIpc) is 2.29. The fraction of sp³-hybridized carbons (Fsp3) is 0.455. The molecule has 0 aromatic heterocycles. The summed E-state index contributed by atoms with van der Waals surface area (Å²) in [6, 6.07) is 3.20. The van der Waals surface area contributed by atoms with Gasteiger partial charge in [0.05, 0.1) is 0 Å². The molecule has 1 aromatic rings. The molecule has 2 rings (SSSR count). The Morgan fingerprint density at radius 2 is 2.29 bits per heavy atom. The van der Waals surface area contributed by atoms with E-state index in [4.69, 9.17) is 5.73 Å². The van der Waals surface area contributed by atoms with Gasteiger partial charge in [0.1, 0.15) is 5.82 Å². The first-order chi connectivity index (χ1) is 6.68. The highest BCUT2D eigenvalue weighted by molar-refractivity contribution is 7.98. The normalized spacial score (nSPS) is 21.5. The van der Waals surface area contributed by atoms with E-state index in [2.05, 4.69) is 0 Å². The number of rotatable bonds is 0. The quantitative estimate of drug-likeness (QED) is 0.714. The first-order valence-electron chi connectivity index (χ1n) is 4.80. The van der Waals surface area contributed by atoms with Crippen LogP contribution >= 0.6 is 11.8 Å². The lowest BCUT2D eigenvalue weighted by molar-refractivity contribution is 0.614. The van der Waals surface area contributed by atoms with Crippen molar-refractivity contribution in [2.75, 3.05) is 5.75 Å². The highest BCUT2D eigenvalue weighted by atomic mass is 32.2. The standard InChI is InChI=1S/C11H14FNS/c1-7-4-8(12)5-9-10(7)6-14-3-2-11(9)13/h4-5,11H,2-3,6,13H2,1H3. The van der Waals surface area contributed by atoms with E-state index in [0.29, 0.717) is 0 Å². The highest BCUT2D eigenvalue weighted by Gasteiger charge is 2.17. The molecule has 0 bridgehead atoms. The Labute approximate surface area is 87.9 Å². The number of hydrogen-bond donors (Lipinski definition) is 1. The molecule has 0 saturated heterocycles. The van der Waals surface area contributed by atoms with Crippen molar-refractivity contribution in [3.63, 3.8) is 0 Å². The van der Waals surface area contributed by atoms with E-state index in [1.165, 1.54) is 5.56 Å². The molecule has 1 aliphatic heterocycles. The summed E-state index contributed by atoms with van der Waals surface area (Å²) in [6.45, 7) is 1.96. The zero-order valence-corrected chi connectivity index (χ0v) is 9.03. The van der Waals surface area contributed by atoms with Crippen LogP contribution in [0.5, 0.6) is 0 Å². The van der Waals surface area contributed by atoms with Gasteiger partial charge >= 0.3 is 0 Å². The van der Waals surface area contributed by atoms with E-state index >= 15 is 0 Å². The van der Waals surface area contributed by atoms with Crippen LogP contribution in [-0.2, 0) is 5.75 Å². The molecule has 76 valence electrons. The van der Waals surface area contributed by atoms with Gasteiger partial charge in [0.2, 0.25) is 0 Å². The summed E-state index contributed by atoms with van der Waals surface area (Å²) >= 11 is 1.88. The minimum Gasteiger partial charge on any atom is -0.324 e. The third-order valence-corrected chi connectivity index (χ3v) is 3.71. The number of halogens is 1. The van der Waals surface area contributed by atoms with Crippen molar-refractivity contribution in [1.82, 2.24) is 0 Å². The lowest BCUT2D eigenvalue weighted by Gasteiger charge is -2.14. The molecule has 1 unspecified atom stereocenters. The number of aryl methyl sites for hydroxylation is 1. The summed E-state index contributed by atoms with van der Waals surface area (Å²) in [7, 11) is 0. The average molecular weight is 211 g/mol. The lowest BCUT2D eigenvalue weighted by atomic mass is 9.96. The molecule has 0 saturated carbocycles. The van der Waals surface area contributed by atoms with E-state index in [9.17, 15) is 4.39 Å². The van der Waals surface area contributed by atoms with Crippen LogP contribution in [-0.4, -0.2) is 5.75 Å². The van der Waals surface area contributed by atoms with Gasteiger partial charge in [-0.05, 0) is 47.9 Å². The minimum atomic E-state index is -0.163. The van der Waals surface area contributed by atoms with Crippen molar-refractivity contribution < 1.29 is 4.39 Å². The minimum absolute atomic E-state index is 0.00870. The van der Waals surface area contributed by atoms with Crippen LogP contribution in [0.15, 0.2) is 12.1 Å². The number of nitrogens with two attached hydrogens (primary N) is 1. The summed E-state index contributed by atoms with van der Waals surface area (Å²) in [5.74, 6) is 1.87. The Morgan fingerprint density at radius 3 is 3.07 bits per heavy atom. The first kappa shape index (κ1) is 9.99. The maximum Gasteiger partial charge on any atom is 0.123 e. The molecule has 1 aliphatic rings. The molecule has 2 N–H and O–H groups in total. The van der Waals surface area contributed by atoms with E-state index in [1.807, 2.05) is 18.7 Å². The highest BCUT2D eigenvalue weighted by Crippen LogP contribution is 2.31. The zero-order valence-electron chi connectivity index (χ0n) is 8.22. The van der Waals surface area contributed by atoms with Crippen molar-refractivity contribution in [2.24, 2.45) is 5.73 Å². The van der Waals surface area contributed by atoms with Crippen molar-refractivity contribution in [3.8, 4) is 0 Å². The van der Waals surface area contributed by atoms with Gasteiger partial charge in [0.15, 0.2) is 0 Å². The van der Waals surface area contributed by atoms with Gasteiger partial charge in [0, 0.05) is 11.8 Å². The van der Waals surface area contributed by atoms with E-state index in [0.717, 1.165) is 29.1 Å². The van der Waals surface area contributed by atoms with Crippen molar-refractivity contribution in [1.29, 1.82) is 0 Å². The second-order valence-corrected chi connectivity index (χ2v) is 4.84. The summed E-state index contributed by atoms with van der Waals surface area (Å²) in [5.41, 5.74) is 9.28. The Bertz CT molecular complexity index is 351. The SMILES string of the molecule is Cc1cc(F)cc2c1CSCCC2N. The fourth-order valence-corrected chi connectivity index (χ4v) is 3.03. The van der Waals surface area contributed by atoms with Crippen LogP contribution in [0, 0.1) is 12.7 Å². The number of fused-ring (bicyclic) bond motifs is 1. The molecule has 14 heavy (non-hydrogen) atoms. The monoisotopic (exact) mass is 211 g/mol. The van der Waals surface area contributed by atoms with Crippen LogP contribution in [0.25, 0.3) is 0 Å². The topological polar surface area (TPSA) is 26.0 Å². The summed E-state index contributed by atoms with van der Waals surface area (Å²) in [4.78, 5) is 0. The Balaban J connectivity index is 2.53. The van der Waals surface area contributed by atoms with Crippen molar-refractivity contribution in [3.05, 3.63) is 34.6 Å². The molecule has 0 amide bonds. The van der Waals surface area contributed by atoms with Crippen LogP contribution < -0.4 is 5.73 Å². The molecule has 1 heterocycles. The molecule has 1 aromatic carbocycles. The third-order valence-electron chi connectivity index (χ3n) is 2.69. The van der Waals surface area contributed by atoms with Gasteiger partial charge in [-0.3, -0.25) is 0 Å². The Morgan fingerprint density at radius 1 is 1.50 bits per heavy atom. The van der Waals surface area contributed by atoms with Crippen molar-refractivity contribution >= 4 is 11.8 Å². The molecule has 0 fully saturated rings. The second kappa shape index (κ2) is 3.91. The van der Waals surface area contributed by atoms with E-state index in [-0.39, 0.29) is 11.9 Å². The van der Waals surface area contributed by atoms with E-state index in [1.54, 1.807) is 12.1 Å². The molecule has 1 atom stereocenters. The molecule has 1 nitrogen and oxygen atoms in total. The molecule has 3 heteroatoms. The predicted molar refractivity (Wildman–Crippen MR) is 58.8 cm³/mol. The van der Waals surface area contributed by atoms with E-state index < -0.39 is 0 Å². The second-order valence-electron chi connectivity index (χ2n) is 3.74. The largest absolute Gasteiger partial charge is 0.324 e. The molecule has 0 aliphatic carbocycles. The predicted octanol–water partition coefficient (Wildman–Crippen LogP) is 2.77. The van der Waals surface area contributed by atoms with Crippen molar-refractivity contribution in [2.45, 2.75) is 25.1 Å². The van der Waals surface area contributed by atoms with Gasteiger partial charge in [0.25, 0.3) is 0 Å². The summed E-state index contributed by atoms with van der Waals surface area (Å²) in [6.07, 6.45) is 0.945. The first-order valence-corrected chi connectivity index (χ1v) is 5.96. The Hall–Kier alpha value is -0.540. The molecule has 0 spiro atoms. The maximum absolute atomic E-state index is 13.2. The third kappa shape index (κ3) is 1.79. The fourth-order valence-electron chi connectivity index (χ4n) is 1.87. The number of benzene rings is 1. The maximum atomic E-state index is 13.2. The van der Waals surface area contributed by atoms with Gasteiger partial charge in [-0.15, -0.1) is 0 Å². The van der Waals surface area contributed by atoms with Crippen LogP contribution in [0.2, 0.25) is 0 Å². The lowest BCUT2D eigenvalue weighted by Crippen LogP contribution is -2.12. The van der Waals surface area contributed by atoms with Crippen LogP contribution in [0.1, 0.15) is 29.2 Å². The molecular weight excluding hydrogens is 197 g/mol. The smallest absolute Gasteiger partial charge is 0.123 e. The Kier molecular flexibility index (Phi) is 2.79. The van der Waals surface area contributed by atoms with Crippen LogP contribution in [0.4, 0.5) is 4.39 Å². The number of thioether (sulfide) groups is 1. The molecule has 0 radical (unpaired) electrons. The van der Waals surface area contributed by atoms with Gasteiger partial charge in [-0.25, -0.2) is 4.39 Å². The van der Waals surface area contributed by atoms with Gasteiger partial charge < -0.3 is 5.73 Å². The van der Waals surface area contributed by atoms with Gasteiger partial charge in [-0.2, -0.15) is 11.8 Å². The number of hydrogen-bond acceptors (Lipinski definition) is 2. The summed E-state index contributed by atoms with van der Waals surface area (Å²) in [5, 5.41) is 0. The summed E-state index contributed by atoms with van der Waals surface area (Å²) < 4.78 is 13.2. The zero-order chi connectivity index (χ0) is 10.1. The van der Waals surface area contributed by atoms with Gasteiger partial charge in [-0.1, -0.05) is 0 Å². The van der Waals surface area contributed by atoms with Crippen LogP contribution in [0.3, 0.4) is 0 Å². The molecular formula is C11H14FNS.